The van der Waals surface area contributed by atoms with Crippen molar-refractivity contribution >= 4 is 17.5 Å². The van der Waals surface area contributed by atoms with Crippen molar-refractivity contribution in [3.8, 4) is 0 Å². The summed E-state index contributed by atoms with van der Waals surface area (Å²) in [6.45, 7) is 5.92. The lowest BCUT2D eigenvalue weighted by atomic mass is 10.0. The van der Waals surface area contributed by atoms with E-state index in [1.54, 1.807) is 0 Å². The molecule has 26 heavy (non-hydrogen) atoms. The van der Waals surface area contributed by atoms with Crippen LogP contribution in [0.2, 0.25) is 5.02 Å². The number of carbonyl (C=O) groups excluding carboxylic acids is 1. The van der Waals surface area contributed by atoms with Crippen molar-refractivity contribution in [2.24, 2.45) is 0 Å². The van der Waals surface area contributed by atoms with Crippen molar-refractivity contribution in [2.75, 3.05) is 32.8 Å². The van der Waals surface area contributed by atoms with Crippen LogP contribution in [-0.2, 0) is 16.0 Å². The molecular weight excluding hydrogens is 348 g/mol. The van der Waals surface area contributed by atoms with E-state index < -0.39 is 0 Å². The molecule has 1 saturated heterocycles. The Labute approximate surface area is 160 Å². The van der Waals surface area contributed by atoms with Crippen LogP contribution in [0.5, 0.6) is 0 Å². The summed E-state index contributed by atoms with van der Waals surface area (Å²) >= 11 is 5.90. The molecule has 4 nitrogen and oxygen atoms in total. The molecule has 1 fully saturated rings. The molecule has 1 aliphatic heterocycles. The van der Waals surface area contributed by atoms with Crippen LogP contribution in [0, 0.1) is 6.92 Å². The van der Waals surface area contributed by atoms with Gasteiger partial charge in [-0.1, -0.05) is 53.6 Å². The summed E-state index contributed by atoms with van der Waals surface area (Å²) in [5.41, 5.74) is 3.43. The van der Waals surface area contributed by atoms with Gasteiger partial charge in [-0.05, 0) is 30.2 Å². The first-order chi connectivity index (χ1) is 12.6. The number of carbonyl (C=O) groups is 1. The van der Waals surface area contributed by atoms with Gasteiger partial charge in [0.2, 0.25) is 5.91 Å². The van der Waals surface area contributed by atoms with E-state index in [9.17, 15) is 4.79 Å². The number of morpholine rings is 1. The minimum atomic E-state index is 0.0261. The van der Waals surface area contributed by atoms with Gasteiger partial charge in [-0.2, -0.15) is 0 Å². The average Bonchev–Trinajstić information content (AvgIpc) is 2.65. The molecule has 1 atom stereocenters. The smallest absolute Gasteiger partial charge is 0.224 e. The van der Waals surface area contributed by atoms with Crippen LogP contribution < -0.4 is 5.32 Å². The van der Waals surface area contributed by atoms with Gasteiger partial charge in [0.1, 0.15) is 0 Å². The lowest BCUT2D eigenvalue weighted by molar-refractivity contribution is -0.120. The van der Waals surface area contributed by atoms with Gasteiger partial charge in [0, 0.05) is 24.7 Å². The maximum Gasteiger partial charge on any atom is 0.224 e. The van der Waals surface area contributed by atoms with Gasteiger partial charge in [0.05, 0.1) is 25.7 Å². The predicted molar refractivity (Wildman–Crippen MR) is 104 cm³/mol. The minimum Gasteiger partial charge on any atom is -0.379 e. The highest BCUT2D eigenvalue weighted by Crippen LogP contribution is 2.22. The molecule has 1 amide bonds. The maximum atomic E-state index is 12.4. The molecule has 2 aromatic carbocycles. The number of hydrogen-bond acceptors (Lipinski definition) is 3. The van der Waals surface area contributed by atoms with E-state index in [1.807, 2.05) is 24.3 Å². The van der Waals surface area contributed by atoms with Crippen molar-refractivity contribution in [3.05, 3.63) is 70.2 Å². The molecule has 138 valence electrons. The Morgan fingerprint density at radius 1 is 1.19 bits per heavy atom. The monoisotopic (exact) mass is 372 g/mol. The fraction of sp³-hybridized carbons (Fsp3) is 0.381. The van der Waals surface area contributed by atoms with Gasteiger partial charge in [-0.15, -0.1) is 0 Å². The first-order valence-electron chi connectivity index (χ1n) is 9.01. The van der Waals surface area contributed by atoms with Crippen molar-refractivity contribution in [1.82, 2.24) is 10.2 Å². The van der Waals surface area contributed by atoms with Crippen LogP contribution in [0.3, 0.4) is 0 Å². The number of nitrogens with one attached hydrogen (secondary N) is 1. The lowest BCUT2D eigenvalue weighted by Crippen LogP contribution is -2.44. The van der Waals surface area contributed by atoms with E-state index in [-0.39, 0.29) is 11.9 Å². The summed E-state index contributed by atoms with van der Waals surface area (Å²) in [7, 11) is 0. The summed E-state index contributed by atoms with van der Waals surface area (Å²) in [5.74, 6) is 0.0261. The van der Waals surface area contributed by atoms with Crippen molar-refractivity contribution in [1.29, 1.82) is 0 Å². The summed E-state index contributed by atoms with van der Waals surface area (Å²) in [6.07, 6.45) is 0.362. The van der Waals surface area contributed by atoms with Crippen LogP contribution in [-0.4, -0.2) is 43.7 Å². The molecule has 0 bridgehead atoms. The number of rotatable bonds is 6. The topological polar surface area (TPSA) is 41.6 Å². The average molecular weight is 373 g/mol. The fourth-order valence-corrected chi connectivity index (χ4v) is 3.41. The second-order valence-electron chi connectivity index (χ2n) is 6.69. The normalized spacial score (nSPS) is 16.2. The van der Waals surface area contributed by atoms with E-state index in [2.05, 4.69) is 41.4 Å². The van der Waals surface area contributed by atoms with Gasteiger partial charge in [-0.3, -0.25) is 9.69 Å². The minimum absolute atomic E-state index is 0.0261. The first-order valence-corrected chi connectivity index (χ1v) is 9.39. The Morgan fingerprint density at radius 2 is 1.92 bits per heavy atom. The molecule has 0 aliphatic carbocycles. The summed E-state index contributed by atoms with van der Waals surface area (Å²) in [4.78, 5) is 14.8. The lowest BCUT2D eigenvalue weighted by Gasteiger charge is -2.35. The molecule has 0 radical (unpaired) electrons. The molecule has 5 heteroatoms. The largest absolute Gasteiger partial charge is 0.379 e. The fourth-order valence-electron chi connectivity index (χ4n) is 3.28. The van der Waals surface area contributed by atoms with Crippen molar-refractivity contribution < 1.29 is 9.53 Å². The highest BCUT2D eigenvalue weighted by molar-refractivity contribution is 6.30. The van der Waals surface area contributed by atoms with Crippen LogP contribution >= 0.6 is 11.6 Å². The number of hydrogen-bond donors (Lipinski definition) is 1. The molecule has 1 heterocycles. The maximum absolute atomic E-state index is 12.4. The number of benzene rings is 2. The van der Waals surface area contributed by atoms with Crippen molar-refractivity contribution in [3.63, 3.8) is 0 Å². The van der Waals surface area contributed by atoms with Crippen LogP contribution in [0.4, 0.5) is 0 Å². The van der Waals surface area contributed by atoms with Gasteiger partial charge in [0.15, 0.2) is 0 Å². The molecule has 0 saturated carbocycles. The second-order valence-corrected chi connectivity index (χ2v) is 7.12. The third kappa shape index (κ3) is 5.31. The Bertz CT molecular complexity index is 727. The van der Waals surface area contributed by atoms with E-state index in [0.717, 1.165) is 31.9 Å². The molecule has 1 aliphatic rings. The zero-order chi connectivity index (χ0) is 18.4. The Hall–Kier alpha value is -1.88. The molecule has 3 rings (SSSR count). The molecule has 1 N–H and O–H groups in total. The second kappa shape index (κ2) is 9.17. The Balaban J connectivity index is 1.65. The van der Waals surface area contributed by atoms with E-state index >= 15 is 0 Å². The highest BCUT2D eigenvalue weighted by atomic mass is 35.5. The zero-order valence-corrected chi connectivity index (χ0v) is 15.8. The highest BCUT2D eigenvalue weighted by Gasteiger charge is 2.23. The molecule has 0 aromatic heterocycles. The van der Waals surface area contributed by atoms with E-state index in [0.29, 0.717) is 18.0 Å². The molecule has 0 spiro atoms. The number of aryl methyl sites for hydroxylation is 1. The van der Waals surface area contributed by atoms with Gasteiger partial charge < -0.3 is 10.1 Å². The van der Waals surface area contributed by atoms with E-state index in [4.69, 9.17) is 16.3 Å². The standard InChI is InChI=1S/C21H25ClN2O2/c1-16-3-2-4-18(13-16)20(24-9-11-26-12-10-24)15-23-21(25)14-17-5-7-19(22)8-6-17/h2-8,13,20H,9-12,14-15H2,1H3,(H,23,25). The third-order valence-corrected chi connectivity index (χ3v) is 4.94. The Kier molecular flexibility index (Phi) is 6.67. The summed E-state index contributed by atoms with van der Waals surface area (Å²) < 4.78 is 5.48. The summed E-state index contributed by atoms with van der Waals surface area (Å²) in [6, 6.07) is 16.1. The number of amides is 1. The first kappa shape index (κ1) is 18.9. The Morgan fingerprint density at radius 3 is 2.62 bits per heavy atom. The third-order valence-electron chi connectivity index (χ3n) is 4.68. The van der Waals surface area contributed by atoms with Gasteiger partial charge in [-0.25, -0.2) is 0 Å². The van der Waals surface area contributed by atoms with E-state index in [1.165, 1.54) is 11.1 Å². The van der Waals surface area contributed by atoms with Crippen LogP contribution in [0.15, 0.2) is 48.5 Å². The van der Waals surface area contributed by atoms with Crippen LogP contribution in [0.1, 0.15) is 22.7 Å². The van der Waals surface area contributed by atoms with Gasteiger partial charge >= 0.3 is 0 Å². The van der Waals surface area contributed by atoms with Crippen molar-refractivity contribution in [2.45, 2.75) is 19.4 Å². The number of halogens is 1. The molecule has 2 aromatic rings. The predicted octanol–water partition coefficient (Wildman–Crippen LogP) is 3.38. The van der Waals surface area contributed by atoms with Crippen LogP contribution in [0.25, 0.3) is 0 Å². The number of nitrogens with zero attached hydrogens (tertiary/aromatic N) is 1. The molecular formula is C21H25ClN2O2. The SMILES string of the molecule is Cc1cccc(C(CNC(=O)Cc2ccc(Cl)cc2)N2CCOCC2)c1. The number of ether oxygens (including phenoxy) is 1. The zero-order valence-electron chi connectivity index (χ0n) is 15.1. The quantitative estimate of drug-likeness (QED) is 0.845. The van der Waals surface area contributed by atoms with Gasteiger partial charge in [0.25, 0.3) is 0 Å². The molecule has 1 unspecified atom stereocenters. The summed E-state index contributed by atoms with van der Waals surface area (Å²) in [5, 5.41) is 3.79.